The molecule has 0 unspecified atom stereocenters. The SMILES string of the molecule is COCCn1c(CN(CC2CC2)C(=O)c2ccco2)cnc1S(=O)(=O)Cc1ccccc1. The second kappa shape index (κ2) is 9.70. The van der Waals surface area contributed by atoms with Crippen LogP contribution in [0.2, 0.25) is 0 Å². The van der Waals surface area contributed by atoms with Gasteiger partial charge in [-0.15, -0.1) is 0 Å². The fourth-order valence-electron chi connectivity index (χ4n) is 3.63. The fraction of sp³-hybridized carbons (Fsp3) is 0.391. The summed E-state index contributed by atoms with van der Waals surface area (Å²) in [5.41, 5.74) is 1.34. The highest BCUT2D eigenvalue weighted by Gasteiger charge is 2.30. The molecule has 1 aromatic carbocycles. The molecule has 1 fully saturated rings. The van der Waals surface area contributed by atoms with E-state index in [1.165, 1.54) is 6.26 Å². The second-order valence-corrected chi connectivity index (χ2v) is 9.91. The van der Waals surface area contributed by atoms with Crippen LogP contribution in [0.15, 0.2) is 64.5 Å². The average molecular weight is 458 g/mol. The standard InChI is InChI=1S/C23H27N3O5S/c1-30-13-11-26-20(14-24-23(26)32(28,29)17-19-6-3-2-4-7-19)16-25(15-18-9-10-18)22(27)21-8-5-12-31-21/h2-8,12,14,18H,9-11,13,15-17H2,1H3. The molecule has 0 saturated heterocycles. The highest BCUT2D eigenvalue weighted by Crippen LogP contribution is 2.31. The van der Waals surface area contributed by atoms with Gasteiger partial charge in [0.2, 0.25) is 15.0 Å². The molecule has 8 nitrogen and oxygen atoms in total. The van der Waals surface area contributed by atoms with Crippen molar-refractivity contribution in [3.63, 3.8) is 0 Å². The zero-order chi connectivity index (χ0) is 22.6. The van der Waals surface area contributed by atoms with Crippen molar-refractivity contribution in [2.45, 2.75) is 36.8 Å². The van der Waals surface area contributed by atoms with E-state index in [0.29, 0.717) is 36.9 Å². The number of aromatic nitrogens is 2. The van der Waals surface area contributed by atoms with Crippen LogP contribution in [0.3, 0.4) is 0 Å². The molecule has 170 valence electrons. The molecule has 0 radical (unpaired) electrons. The number of sulfone groups is 1. The van der Waals surface area contributed by atoms with Gasteiger partial charge in [0.1, 0.15) is 0 Å². The number of benzene rings is 1. The van der Waals surface area contributed by atoms with Gasteiger partial charge in [0.25, 0.3) is 5.91 Å². The van der Waals surface area contributed by atoms with E-state index in [2.05, 4.69) is 4.98 Å². The Balaban J connectivity index is 1.62. The number of carbonyl (C=O) groups is 1. The van der Waals surface area contributed by atoms with Crippen LogP contribution < -0.4 is 0 Å². The Kier molecular flexibility index (Phi) is 6.76. The van der Waals surface area contributed by atoms with Crippen molar-refractivity contribution in [2.75, 3.05) is 20.3 Å². The minimum absolute atomic E-state index is 0.00905. The summed E-state index contributed by atoms with van der Waals surface area (Å²) >= 11 is 0. The smallest absolute Gasteiger partial charge is 0.289 e. The van der Waals surface area contributed by atoms with E-state index in [1.54, 1.807) is 47.0 Å². The molecule has 1 saturated carbocycles. The molecule has 32 heavy (non-hydrogen) atoms. The van der Waals surface area contributed by atoms with Crippen molar-refractivity contribution < 1.29 is 22.4 Å². The summed E-state index contributed by atoms with van der Waals surface area (Å²) in [6.07, 6.45) is 5.19. The molecule has 2 heterocycles. The van der Waals surface area contributed by atoms with Crippen LogP contribution in [0.4, 0.5) is 0 Å². The Bertz CT molecular complexity index is 1140. The van der Waals surface area contributed by atoms with Gasteiger partial charge in [-0.2, -0.15) is 0 Å². The van der Waals surface area contributed by atoms with Crippen LogP contribution >= 0.6 is 0 Å². The maximum atomic E-state index is 13.2. The summed E-state index contributed by atoms with van der Waals surface area (Å²) < 4.78 is 38.5. The van der Waals surface area contributed by atoms with Gasteiger partial charge in [-0.25, -0.2) is 13.4 Å². The largest absolute Gasteiger partial charge is 0.459 e. The van der Waals surface area contributed by atoms with Gasteiger partial charge < -0.3 is 18.6 Å². The lowest BCUT2D eigenvalue weighted by atomic mass is 10.2. The summed E-state index contributed by atoms with van der Waals surface area (Å²) in [5.74, 6) is 0.375. The number of carbonyl (C=O) groups excluding carboxylic acids is 1. The number of nitrogens with zero attached hydrogens (tertiary/aromatic N) is 3. The first kappa shape index (κ1) is 22.3. The number of rotatable bonds is 11. The molecule has 2 aromatic heterocycles. The highest BCUT2D eigenvalue weighted by molar-refractivity contribution is 7.90. The number of hydrogen-bond donors (Lipinski definition) is 0. The number of methoxy groups -OCH3 is 1. The van der Waals surface area contributed by atoms with Crippen LogP contribution in [0.1, 0.15) is 34.7 Å². The van der Waals surface area contributed by atoms with Crippen LogP contribution in [0.25, 0.3) is 0 Å². The first-order valence-electron chi connectivity index (χ1n) is 10.6. The van der Waals surface area contributed by atoms with Crippen molar-refractivity contribution >= 4 is 15.7 Å². The van der Waals surface area contributed by atoms with E-state index in [0.717, 1.165) is 12.8 Å². The van der Waals surface area contributed by atoms with Gasteiger partial charge in [0.15, 0.2) is 5.76 Å². The van der Waals surface area contributed by atoms with Crippen molar-refractivity contribution in [1.82, 2.24) is 14.5 Å². The number of ether oxygens (including phenoxy) is 1. The lowest BCUT2D eigenvalue weighted by Crippen LogP contribution is -2.33. The van der Waals surface area contributed by atoms with Crippen LogP contribution in [0.5, 0.6) is 0 Å². The summed E-state index contributed by atoms with van der Waals surface area (Å²) in [5, 5.41) is -0.00905. The van der Waals surface area contributed by atoms with E-state index < -0.39 is 9.84 Å². The van der Waals surface area contributed by atoms with Crippen molar-refractivity contribution in [2.24, 2.45) is 5.92 Å². The maximum absolute atomic E-state index is 13.2. The van der Waals surface area contributed by atoms with Crippen molar-refractivity contribution in [3.8, 4) is 0 Å². The van der Waals surface area contributed by atoms with Gasteiger partial charge in [0.05, 0.1) is 37.1 Å². The number of imidazole rings is 1. The molecule has 0 spiro atoms. The topological polar surface area (TPSA) is 94.6 Å². The average Bonchev–Trinajstić information content (AvgIpc) is 3.25. The summed E-state index contributed by atoms with van der Waals surface area (Å²) in [6.45, 7) is 1.49. The third kappa shape index (κ3) is 5.28. The van der Waals surface area contributed by atoms with Gasteiger partial charge >= 0.3 is 0 Å². The van der Waals surface area contributed by atoms with E-state index in [1.807, 2.05) is 18.2 Å². The normalized spacial score (nSPS) is 13.9. The molecule has 1 amide bonds. The Morgan fingerprint density at radius 1 is 1.22 bits per heavy atom. The molecule has 1 aliphatic carbocycles. The molecule has 0 bridgehead atoms. The first-order valence-corrected chi connectivity index (χ1v) is 12.3. The van der Waals surface area contributed by atoms with Crippen LogP contribution in [-0.2, 0) is 33.4 Å². The lowest BCUT2D eigenvalue weighted by Gasteiger charge is -2.22. The van der Waals surface area contributed by atoms with E-state index >= 15 is 0 Å². The van der Waals surface area contributed by atoms with Crippen molar-refractivity contribution in [1.29, 1.82) is 0 Å². The summed E-state index contributed by atoms with van der Waals surface area (Å²) in [4.78, 5) is 19.0. The number of amides is 1. The minimum atomic E-state index is -3.69. The number of furan rings is 1. The second-order valence-electron chi connectivity index (χ2n) is 8.03. The fourth-order valence-corrected chi connectivity index (χ4v) is 5.15. The first-order chi connectivity index (χ1) is 15.5. The molecule has 1 aliphatic rings. The molecular weight excluding hydrogens is 430 g/mol. The van der Waals surface area contributed by atoms with Crippen LogP contribution in [-0.4, -0.2) is 49.0 Å². The molecule has 0 N–H and O–H groups in total. The quantitative estimate of drug-likeness (QED) is 0.439. The Morgan fingerprint density at radius 2 is 2.00 bits per heavy atom. The third-order valence-corrected chi connectivity index (χ3v) is 7.04. The lowest BCUT2D eigenvalue weighted by molar-refractivity contribution is 0.0697. The predicted octanol–water partition coefficient (Wildman–Crippen LogP) is 3.15. The van der Waals surface area contributed by atoms with E-state index in [9.17, 15) is 13.2 Å². The van der Waals surface area contributed by atoms with E-state index in [-0.39, 0.29) is 29.1 Å². The monoisotopic (exact) mass is 457 g/mol. The molecule has 0 aliphatic heterocycles. The van der Waals surface area contributed by atoms with Crippen LogP contribution in [0, 0.1) is 5.92 Å². The Morgan fingerprint density at radius 3 is 2.66 bits per heavy atom. The zero-order valence-electron chi connectivity index (χ0n) is 18.0. The predicted molar refractivity (Wildman–Crippen MR) is 118 cm³/mol. The summed E-state index contributed by atoms with van der Waals surface area (Å²) in [7, 11) is -2.13. The molecule has 0 atom stereocenters. The zero-order valence-corrected chi connectivity index (χ0v) is 18.8. The minimum Gasteiger partial charge on any atom is -0.459 e. The molecule has 4 rings (SSSR count). The van der Waals surface area contributed by atoms with Gasteiger partial charge in [-0.3, -0.25) is 4.79 Å². The molecule has 3 aromatic rings. The van der Waals surface area contributed by atoms with Gasteiger partial charge in [-0.1, -0.05) is 30.3 Å². The van der Waals surface area contributed by atoms with Crippen molar-refractivity contribution in [3.05, 3.63) is 71.9 Å². The third-order valence-electron chi connectivity index (χ3n) is 5.45. The van der Waals surface area contributed by atoms with Gasteiger partial charge in [0, 0.05) is 20.2 Å². The molecule has 9 heteroatoms. The Hall–Kier alpha value is -2.91. The Labute approximate surface area is 187 Å². The maximum Gasteiger partial charge on any atom is 0.289 e. The molecular formula is C23H27N3O5S. The van der Waals surface area contributed by atoms with E-state index in [4.69, 9.17) is 9.15 Å². The highest BCUT2D eigenvalue weighted by atomic mass is 32.2. The van der Waals surface area contributed by atoms with Gasteiger partial charge in [-0.05, 0) is 36.5 Å². The number of hydrogen-bond acceptors (Lipinski definition) is 6. The summed E-state index contributed by atoms with van der Waals surface area (Å²) in [6, 6.07) is 12.3.